The number of carbonyl (C=O) groups is 2. The molecule has 0 spiro atoms. The van der Waals surface area contributed by atoms with Crippen LogP contribution in [0.3, 0.4) is 0 Å². The van der Waals surface area contributed by atoms with Gasteiger partial charge >= 0.3 is 0 Å². The van der Waals surface area contributed by atoms with E-state index in [1.54, 1.807) is 12.1 Å². The number of phenols is 1. The molecule has 1 aromatic carbocycles. The van der Waals surface area contributed by atoms with Gasteiger partial charge in [0.15, 0.2) is 0 Å². The van der Waals surface area contributed by atoms with Crippen molar-refractivity contribution >= 4 is 22.8 Å². The minimum Gasteiger partial charge on any atom is -0.508 e. The van der Waals surface area contributed by atoms with E-state index in [0.717, 1.165) is 31.1 Å². The zero-order valence-corrected chi connectivity index (χ0v) is 13.5. The lowest BCUT2D eigenvalue weighted by Crippen LogP contribution is -2.52. The molecule has 2 fully saturated rings. The number of rotatable bonds is 2. The molecule has 2 N–H and O–H groups in total. The Hall–Kier alpha value is -2.50. The molecule has 2 aromatic rings. The Balaban J connectivity index is 1.60. The number of piperidine rings is 1. The maximum absolute atomic E-state index is 13.1. The van der Waals surface area contributed by atoms with E-state index in [0.29, 0.717) is 11.1 Å². The minimum absolute atomic E-state index is 0.0141. The van der Waals surface area contributed by atoms with Gasteiger partial charge in [0.25, 0.3) is 5.91 Å². The Morgan fingerprint density at radius 2 is 1.96 bits per heavy atom. The number of hydrogen-bond acceptors (Lipinski definition) is 4. The first kappa shape index (κ1) is 15.1. The Labute approximate surface area is 139 Å². The highest BCUT2D eigenvalue weighted by molar-refractivity contribution is 6.06. The highest BCUT2D eigenvalue weighted by Crippen LogP contribution is 2.38. The quantitative estimate of drug-likeness (QED) is 0.887. The van der Waals surface area contributed by atoms with Crippen LogP contribution in [-0.2, 0) is 4.79 Å². The monoisotopic (exact) mass is 328 g/mol. The van der Waals surface area contributed by atoms with Gasteiger partial charge in [0.2, 0.25) is 5.91 Å². The van der Waals surface area contributed by atoms with Crippen LogP contribution in [-0.4, -0.2) is 39.9 Å². The average molecular weight is 328 g/mol. The number of carbonyl (C=O) groups excluding carboxylic acids is 2. The van der Waals surface area contributed by atoms with Crippen LogP contribution in [0.2, 0.25) is 0 Å². The number of nitrogens with one attached hydrogen (secondary N) is 1. The zero-order valence-electron chi connectivity index (χ0n) is 13.5. The fourth-order valence-electron chi connectivity index (χ4n) is 4.24. The van der Waals surface area contributed by atoms with Crippen LogP contribution in [0, 0.1) is 0 Å². The van der Waals surface area contributed by atoms with E-state index < -0.39 is 0 Å². The lowest BCUT2D eigenvalue weighted by molar-refractivity contribution is -0.120. The van der Waals surface area contributed by atoms with Gasteiger partial charge in [0.1, 0.15) is 17.6 Å². The summed E-state index contributed by atoms with van der Waals surface area (Å²) in [5, 5.41) is 13.2. The fraction of sp³-hybridized carbons (Fsp3) is 0.444. The fourth-order valence-corrected chi connectivity index (χ4v) is 4.24. The van der Waals surface area contributed by atoms with Crippen molar-refractivity contribution in [2.24, 2.45) is 0 Å². The summed E-state index contributed by atoms with van der Waals surface area (Å²) in [6, 6.07) is 5.27. The van der Waals surface area contributed by atoms with E-state index in [1.165, 1.54) is 19.3 Å². The standard InChI is InChI=1S/C18H20N2O4/c1-10(21)19-11-6-12-2-3-13(7-11)20(12)18(23)16-9-24-17-8-14(22)4-5-15(16)17/h4-5,8-9,11-13,22H,2-3,6-7H2,1H3,(H,19,21)/t11?,12-,13+. The molecule has 24 heavy (non-hydrogen) atoms. The van der Waals surface area contributed by atoms with Crippen LogP contribution in [0.5, 0.6) is 5.75 Å². The van der Waals surface area contributed by atoms with Crippen molar-refractivity contribution in [3.63, 3.8) is 0 Å². The highest BCUT2D eigenvalue weighted by atomic mass is 16.3. The molecule has 126 valence electrons. The second-order valence-corrected chi connectivity index (χ2v) is 6.80. The van der Waals surface area contributed by atoms with Crippen molar-refractivity contribution in [2.75, 3.05) is 0 Å². The molecule has 3 atom stereocenters. The van der Waals surface area contributed by atoms with Gasteiger partial charge in [-0.1, -0.05) is 0 Å². The van der Waals surface area contributed by atoms with E-state index in [-0.39, 0.29) is 35.7 Å². The van der Waals surface area contributed by atoms with Gasteiger partial charge in [-0.3, -0.25) is 9.59 Å². The van der Waals surface area contributed by atoms with Crippen molar-refractivity contribution < 1.29 is 19.1 Å². The molecule has 2 aliphatic heterocycles. The molecule has 0 aliphatic carbocycles. The normalized spacial score (nSPS) is 25.9. The number of furan rings is 1. The Bertz CT molecular complexity index is 798. The number of amides is 2. The number of benzene rings is 1. The number of hydrogen-bond donors (Lipinski definition) is 2. The van der Waals surface area contributed by atoms with Crippen molar-refractivity contribution in [1.82, 2.24) is 10.2 Å². The van der Waals surface area contributed by atoms with Gasteiger partial charge in [-0.2, -0.15) is 0 Å². The third kappa shape index (κ3) is 2.42. The highest BCUT2D eigenvalue weighted by Gasteiger charge is 2.44. The van der Waals surface area contributed by atoms with Gasteiger partial charge in [-0.15, -0.1) is 0 Å². The molecule has 0 saturated carbocycles. The van der Waals surface area contributed by atoms with Crippen LogP contribution < -0.4 is 5.32 Å². The van der Waals surface area contributed by atoms with Crippen molar-refractivity contribution in [2.45, 2.75) is 50.7 Å². The maximum atomic E-state index is 13.1. The molecular weight excluding hydrogens is 308 g/mol. The lowest BCUT2D eigenvalue weighted by Gasteiger charge is -2.39. The van der Waals surface area contributed by atoms with E-state index in [1.807, 2.05) is 4.90 Å². The Morgan fingerprint density at radius 1 is 1.25 bits per heavy atom. The predicted octanol–water partition coefficient (Wildman–Crippen LogP) is 2.41. The molecule has 3 heterocycles. The second-order valence-electron chi connectivity index (χ2n) is 6.80. The van der Waals surface area contributed by atoms with Gasteiger partial charge in [-0.25, -0.2) is 0 Å². The van der Waals surface area contributed by atoms with E-state index in [4.69, 9.17) is 4.42 Å². The molecule has 1 aromatic heterocycles. The summed E-state index contributed by atoms with van der Waals surface area (Å²) in [5.41, 5.74) is 1.05. The second kappa shape index (κ2) is 5.54. The molecule has 2 aliphatic rings. The number of phenolic OH excluding ortho intramolecular Hbond substituents is 1. The summed E-state index contributed by atoms with van der Waals surface area (Å²) in [7, 11) is 0. The third-order valence-corrected chi connectivity index (χ3v) is 5.16. The topological polar surface area (TPSA) is 82.8 Å². The van der Waals surface area contributed by atoms with E-state index in [2.05, 4.69) is 5.32 Å². The summed E-state index contributed by atoms with van der Waals surface area (Å²) in [4.78, 5) is 26.3. The zero-order chi connectivity index (χ0) is 16.8. The van der Waals surface area contributed by atoms with Gasteiger partial charge in [0, 0.05) is 36.5 Å². The van der Waals surface area contributed by atoms with Crippen LogP contribution in [0.4, 0.5) is 0 Å². The first-order chi connectivity index (χ1) is 11.5. The van der Waals surface area contributed by atoms with E-state index >= 15 is 0 Å². The molecular formula is C18H20N2O4. The molecule has 4 rings (SSSR count). The first-order valence-electron chi connectivity index (χ1n) is 8.33. The molecule has 2 amide bonds. The molecule has 0 radical (unpaired) electrons. The number of aromatic hydroxyl groups is 1. The summed E-state index contributed by atoms with van der Waals surface area (Å²) in [6.45, 7) is 1.53. The smallest absolute Gasteiger partial charge is 0.258 e. The van der Waals surface area contributed by atoms with Gasteiger partial charge in [0.05, 0.1) is 5.56 Å². The van der Waals surface area contributed by atoms with Crippen molar-refractivity contribution in [3.05, 3.63) is 30.0 Å². The lowest BCUT2D eigenvalue weighted by atomic mass is 9.96. The van der Waals surface area contributed by atoms with Crippen molar-refractivity contribution in [1.29, 1.82) is 0 Å². The first-order valence-corrected chi connectivity index (χ1v) is 8.33. The van der Waals surface area contributed by atoms with Gasteiger partial charge in [-0.05, 0) is 37.8 Å². The number of nitrogens with zero attached hydrogens (tertiary/aromatic N) is 1. The van der Waals surface area contributed by atoms with E-state index in [9.17, 15) is 14.7 Å². The maximum Gasteiger partial charge on any atom is 0.258 e. The van der Waals surface area contributed by atoms with Crippen LogP contribution >= 0.6 is 0 Å². The molecule has 2 saturated heterocycles. The molecule has 1 unspecified atom stereocenters. The van der Waals surface area contributed by atoms with Crippen LogP contribution in [0.1, 0.15) is 43.0 Å². The molecule has 2 bridgehead atoms. The van der Waals surface area contributed by atoms with Crippen LogP contribution in [0.15, 0.2) is 28.9 Å². The minimum atomic E-state index is -0.0202. The largest absolute Gasteiger partial charge is 0.508 e. The van der Waals surface area contributed by atoms with Crippen LogP contribution in [0.25, 0.3) is 11.0 Å². The predicted molar refractivity (Wildman–Crippen MR) is 87.7 cm³/mol. The third-order valence-electron chi connectivity index (χ3n) is 5.16. The Kier molecular flexibility index (Phi) is 3.48. The summed E-state index contributed by atoms with van der Waals surface area (Å²) in [5.74, 6) is 0.0834. The summed E-state index contributed by atoms with van der Waals surface area (Å²) < 4.78 is 5.44. The SMILES string of the molecule is CC(=O)NC1C[C@H]2CC[C@@H](C1)N2C(=O)c1coc2cc(O)ccc12. The van der Waals surface area contributed by atoms with Gasteiger partial charge < -0.3 is 19.7 Å². The number of fused-ring (bicyclic) bond motifs is 3. The molecule has 6 heteroatoms. The summed E-state index contributed by atoms with van der Waals surface area (Å²) in [6.07, 6.45) is 5.04. The summed E-state index contributed by atoms with van der Waals surface area (Å²) >= 11 is 0. The molecule has 6 nitrogen and oxygen atoms in total. The average Bonchev–Trinajstić information content (AvgIpc) is 3.05. The van der Waals surface area contributed by atoms with Crippen molar-refractivity contribution in [3.8, 4) is 5.75 Å². The Morgan fingerprint density at radius 3 is 2.62 bits per heavy atom.